The predicted molar refractivity (Wildman–Crippen MR) is 135 cm³/mol. The van der Waals surface area contributed by atoms with E-state index in [-0.39, 0.29) is 24.4 Å². The molecule has 4 N–H and O–H groups in total. The lowest BCUT2D eigenvalue weighted by atomic mass is 9.99. The standard InChI is InChI=1S/C23H32N3O8PS/c1-14(2)32-23(30)15(3)25-35(36,34-17-8-6-5-7-9-17)31-13-19-18(12-27)21(29)22(33-19)26-11-10-20(28)24-16(26)4/h5-11,14-15,18-19,21-22,27,29H,4,12-13H2,1-3H3,(H,24,28)(H,25,36)/t15-,18+,19+,21+,22+,35-/m0/s1. The number of rotatable bonds is 11. The third-order valence-electron chi connectivity index (χ3n) is 5.41. The lowest BCUT2D eigenvalue weighted by Crippen LogP contribution is -2.46. The van der Waals surface area contributed by atoms with Gasteiger partial charge in [-0.15, -0.1) is 0 Å². The summed E-state index contributed by atoms with van der Waals surface area (Å²) in [5.41, 5.74) is 0. The minimum absolute atomic E-state index is 0.155. The number of nitrogens with zero attached hydrogens (tertiary/aromatic N) is 1. The van der Waals surface area contributed by atoms with Gasteiger partial charge in [-0.25, -0.2) is 5.09 Å². The number of carbonyl (C=O) groups is 2. The molecule has 1 fully saturated rings. The van der Waals surface area contributed by atoms with Crippen molar-refractivity contribution in [1.82, 2.24) is 15.3 Å². The number of carbonyl (C=O) groups excluding carboxylic acids is 2. The van der Waals surface area contributed by atoms with Gasteiger partial charge >= 0.3 is 12.6 Å². The van der Waals surface area contributed by atoms with Gasteiger partial charge < -0.3 is 39.0 Å². The fourth-order valence-corrected chi connectivity index (χ4v) is 6.06. The molecule has 3 rings (SSSR count). The van der Waals surface area contributed by atoms with E-state index in [0.29, 0.717) is 5.75 Å². The van der Waals surface area contributed by atoms with Crippen LogP contribution < -0.4 is 14.9 Å². The molecular weight excluding hydrogens is 509 g/mol. The second kappa shape index (κ2) is 12.3. The molecule has 36 heavy (non-hydrogen) atoms. The fraction of sp³-hybridized carbons (Fsp3) is 0.478. The summed E-state index contributed by atoms with van der Waals surface area (Å²) < 4.78 is 23.2. The molecular formula is C23H32N3O8PS. The van der Waals surface area contributed by atoms with E-state index in [0.717, 1.165) is 0 Å². The van der Waals surface area contributed by atoms with Gasteiger partial charge in [0.1, 0.15) is 23.7 Å². The molecule has 0 bridgehead atoms. The molecule has 13 heteroatoms. The van der Waals surface area contributed by atoms with Crippen molar-refractivity contribution in [3.8, 4) is 5.75 Å². The topological polar surface area (TPSA) is 139 Å². The molecule has 0 radical (unpaired) electrons. The Balaban J connectivity index is 1.75. The third-order valence-corrected chi connectivity index (χ3v) is 7.91. The molecule has 0 unspecified atom stereocenters. The molecule has 2 aliphatic heterocycles. The zero-order valence-electron chi connectivity index (χ0n) is 20.3. The van der Waals surface area contributed by atoms with Crippen LogP contribution in [0.4, 0.5) is 0 Å². The van der Waals surface area contributed by atoms with Gasteiger partial charge in [0.25, 0.3) is 5.91 Å². The first-order chi connectivity index (χ1) is 17.0. The van der Waals surface area contributed by atoms with Crippen molar-refractivity contribution in [1.29, 1.82) is 0 Å². The lowest BCUT2D eigenvalue weighted by Gasteiger charge is -2.32. The van der Waals surface area contributed by atoms with Crippen LogP contribution in [-0.2, 0) is 35.4 Å². The molecule has 1 aromatic carbocycles. The van der Waals surface area contributed by atoms with Crippen molar-refractivity contribution in [2.75, 3.05) is 13.2 Å². The first-order valence-electron chi connectivity index (χ1n) is 11.4. The number of amides is 1. The van der Waals surface area contributed by atoms with E-state index >= 15 is 0 Å². The van der Waals surface area contributed by atoms with Crippen LogP contribution in [0.2, 0.25) is 0 Å². The number of ether oxygens (including phenoxy) is 2. The maximum absolute atomic E-state index is 12.4. The quantitative estimate of drug-likeness (QED) is 0.239. The number of para-hydroxylation sites is 1. The van der Waals surface area contributed by atoms with Gasteiger partial charge in [0, 0.05) is 18.2 Å². The summed E-state index contributed by atoms with van der Waals surface area (Å²) >= 11 is 5.70. The van der Waals surface area contributed by atoms with Crippen molar-refractivity contribution in [2.45, 2.75) is 51.4 Å². The molecule has 1 amide bonds. The van der Waals surface area contributed by atoms with Gasteiger partial charge in [-0.3, -0.25) is 9.59 Å². The zero-order chi connectivity index (χ0) is 26.5. The molecule has 0 aromatic heterocycles. The van der Waals surface area contributed by atoms with Gasteiger partial charge in [-0.05, 0) is 44.7 Å². The number of esters is 1. The Labute approximate surface area is 215 Å². The molecule has 2 aliphatic rings. The van der Waals surface area contributed by atoms with Crippen molar-refractivity contribution < 1.29 is 38.3 Å². The molecule has 0 aliphatic carbocycles. The van der Waals surface area contributed by atoms with Crippen molar-refractivity contribution in [3.63, 3.8) is 0 Å². The molecule has 0 saturated carbocycles. The Morgan fingerprint density at radius 2 is 2.03 bits per heavy atom. The number of aliphatic hydroxyl groups is 2. The van der Waals surface area contributed by atoms with Crippen LogP contribution in [-0.4, -0.2) is 70.8 Å². The summed E-state index contributed by atoms with van der Waals surface area (Å²) in [4.78, 5) is 25.4. The monoisotopic (exact) mass is 541 g/mol. The van der Waals surface area contributed by atoms with Crippen LogP contribution in [0.15, 0.2) is 55.0 Å². The van der Waals surface area contributed by atoms with Gasteiger partial charge in [0.2, 0.25) is 0 Å². The van der Waals surface area contributed by atoms with Gasteiger partial charge in [-0.2, -0.15) is 0 Å². The molecule has 1 aromatic rings. The molecule has 198 valence electrons. The Morgan fingerprint density at radius 3 is 2.64 bits per heavy atom. The fourth-order valence-electron chi connectivity index (χ4n) is 3.64. The Kier molecular flexibility index (Phi) is 9.65. The van der Waals surface area contributed by atoms with E-state index in [9.17, 15) is 19.8 Å². The first-order valence-corrected chi connectivity index (χ1v) is 14.0. The number of aliphatic hydroxyl groups excluding tert-OH is 2. The first kappa shape index (κ1) is 28.3. The number of hydrogen-bond acceptors (Lipinski definition) is 10. The average molecular weight is 542 g/mol. The number of nitrogens with one attached hydrogen (secondary N) is 2. The van der Waals surface area contributed by atoms with Crippen LogP contribution in [0, 0.1) is 5.92 Å². The summed E-state index contributed by atoms with van der Waals surface area (Å²) in [7, 11) is 0. The molecule has 11 nitrogen and oxygen atoms in total. The van der Waals surface area contributed by atoms with E-state index < -0.39 is 49.6 Å². The van der Waals surface area contributed by atoms with E-state index in [2.05, 4.69) is 17.0 Å². The Bertz CT molecular complexity index is 1020. The van der Waals surface area contributed by atoms with Crippen LogP contribution in [0.1, 0.15) is 20.8 Å². The summed E-state index contributed by atoms with van der Waals surface area (Å²) in [6.45, 7) is 4.96. The summed E-state index contributed by atoms with van der Waals surface area (Å²) in [5.74, 6) is -0.930. The van der Waals surface area contributed by atoms with E-state index in [1.165, 1.54) is 17.2 Å². The van der Waals surface area contributed by atoms with Gasteiger partial charge in [0.05, 0.1) is 25.4 Å². The Morgan fingerprint density at radius 1 is 1.33 bits per heavy atom. The molecule has 0 spiro atoms. The van der Waals surface area contributed by atoms with E-state index in [1.54, 1.807) is 45.0 Å². The van der Waals surface area contributed by atoms with Crippen molar-refractivity contribution in [2.24, 2.45) is 5.92 Å². The SMILES string of the molecule is C=C1NC(=O)C=CN1[C@@H]1O[C@H](CO[P@@](=S)(N[C@@H](C)C(=O)OC(C)C)Oc2ccccc2)[C@@H](CO)[C@H]1O. The predicted octanol–water partition coefficient (Wildman–Crippen LogP) is 1.35. The largest absolute Gasteiger partial charge is 0.462 e. The highest BCUT2D eigenvalue weighted by atomic mass is 32.5. The maximum atomic E-state index is 12.4. The molecule has 6 atom stereocenters. The van der Waals surface area contributed by atoms with Crippen molar-refractivity contribution in [3.05, 3.63) is 55.0 Å². The Hall–Kier alpha value is -2.31. The van der Waals surface area contributed by atoms with Crippen LogP contribution >= 0.6 is 6.64 Å². The van der Waals surface area contributed by atoms with Crippen LogP contribution in [0.3, 0.4) is 0 Å². The highest BCUT2D eigenvalue weighted by molar-refractivity contribution is 8.09. The number of hydrogen-bond donors (Lipinski definition) is 4. The average Bonchev–Trinajstić information content (AvgIpc) is 3.13. The van der Waals surface area contributed by atoms with Crippen LogP contribution in [0.5, 0.6) is 5.75 Å². The smallest absolute Gasteiger partial charge is 0.323 e. The second-order valence-corrected chi connectivity index (χ2v) is 11.7. The summed E-state index contributed by atoms with van der Waals surface area (Å²) in [5, 5.41) is 26.3. The van der Waals surface area contributed by atoms with Crippen LogP contribution in [0.25, 0.3) is 0 Å². The lowest BCUT2D eigenvalue weighted by molar-refractivity contribution is -0.149. The number of benzene rings is 1. The minimum atomic E-state index is -3.34. The van der Waals surface area contributed by atoms with Gasteiger partial charge in [-0.1, -0.05) is 24.8 Å². The van der Waals surface area contributed by atoms with E-state index in [1.807, 2.05) is 6.07 Å². The minimum Gasteiger partial charge on any atom is -0.462 e. The highest BCUT2D eigenvalue weighted by Crippen LogP contribution is 2.46. The highest BCUT2D eigenvalue weighted by Gasteiger charge is 2.47. The summed E-state index contributed by atoms with van der Waals surface area (Å²) in [6, 6.07) is 7.93. The summed E-state index contributed by atoms with van der Waals surface area (Å²) in [6.07, 6.45) is -0.428. The normalized spacial score (nSPS) is 26.4. The van der Waals surface area contributed by atoms with E-state index in [4.69, 9.17) is 30.3 Å². The zero-order valence-corrected chi connectivity index (χ0v) is 22.0. The van der Waals surface area contributed by atoms with Crippen molar-refractivity contribution >= 4 is 30.3 Å². The molecule has 1 saturated heterocycles. The van der Waals surface area contributed by atoms with Gasteiger partial charge in [0.15, 0.2) is 6.23 Å². The maximum Gasteiger partial charge on any atom is 0.323 e. The third kappa shape index (κ3) is 7.13. The molecule has 2 heterocycles. The second-order valence-electron chi connectivity index (χ2n) is 8.60.